The molecule has 0 saturated carbocycles. The molecule has 5 nitrogen and oxygen atoms in total. The molecule has 0 spiro atoms. The lowest BCUT2D eigenvalue weighted by Gasteiger charge is -2.34. The van der Waals surface area contributed by atoms with Gasteiger partial charge < -0.3 is 15.0 Å². The second kappa shape index (κ2) is 7.48. The third kappa shape index (κ3) is 3.44. The molecule has 1 N–H and O–H groups in total. The van der Waals surface area contributed by atoms with Crippen LogP contribution < -0.4 is 15.0 Å². The largest absolute Gasteiger partial charge is 0.438 e. The first-order chi connectivity index (χ1) is 14.1. The number of anilines is 1. The number of hydrogen-bond acceptors (Lipinski definition) is 5. The number of allylic oxidation sites excluding steroid dienone is 1. The van der Waals surface area contributed by atoms with Crippen molar-refractivity contribution in [2.75, 3.05) is 24.5 Å². The smallest absolute Gasteiger partial charge is 0.229 e. The summed E-state index contributed by atoms with van der Waals surface area (Å²) >= 11 is 12.8. The molecule has 3 aromatic rings. The van der Waals surface area contributed by atoms with Gasteiger partial charge in [-0.05, 0) is 36.1 Å². The van der Waals surface area contributed by atoms with E-state index in [1.165, 1.54) is 0 Å². The van der Waals surface area contributed by atoms with Gasteiger partial charge in [-0.2, -0.15) is 4.98 Å². The number of nitrogens with zero attached hydrogens (tertiary/aromatic N) is 3. The Bertz CT molecular complexity index is 1130. The fourth-order valence-corrected chi connectivity index (χ4v) is 4.52. The molecule has 1 aromatic heterocycles. The van der Waals surface area contributed by atoms with Crippen molar-refractivity contribution in [3.05, 3.63) is 63.9 Å². The zero-order valence-corrected chi connectivity index (χ0v) is 17.5. The van der Waals surface area contributed by atoms with Gasteiger partial charge in [0.25, 0.3) is 0 Å². The Labute approximate surface area is 179 Å². The molecule has 3 heterocycles. The summed E-state index contributed by atoms with van der Waals surface area (Å²) < 4.78 is 6.24. The van der Waals surface area contributed by atoms with Gasteiger partial charge in [-0.1, -0.05) is 41.9 Å². The van der Waals surface area contributed by atoms with Crippen LogP contribution in [-0.2, 0) is 6.42 Å². The van der Waals surface area contributed by atoms with Crippen LogP contribution in [0.25, 0.3) is 16.5 Å². The summed E-state index contributed by atoms with van der Waals surface area (Å²) in [6.45, 7) is 4.82. The van der Waals surface area contributed by atoms with Crippen molar-refractivity contribution in [3.8, 4) is 5.88 Å². The van der Waals surface area contributed by atoms with E-state index < -0.39 is 0 Å². The Morgan fingerprint density at radius 2 is 1.97 bits per heavy atom. The summed E-state index contributed by atoms with van der Waals surface area (Å²) in [6.07, 6.45) is 2.75. The summed E-state index contributed by atoms with van der Waals surface area (Å²) in [6, 6.07) is 12.4. The van der Waals surface area contributed by atoms with E-state index in [0.717, 1.165) is 53.1 Å². The first kappa shape index (κ1) is 18.7. The number of rotatable bonds is 2. The number of piperazine rings is 1. The van der Waals surface area contributed by atoms with Gasteiger partial charge in [0.2, 0.25) is 11.2 Å². The van der Waals surface area contributed by atoms with Crippen LogP contribution in [0.15, 0.2) is 42.5 Å². The van der Waals surface area contributed by atoms with Crippen LogP contribution in [-0.4, -0.2) is 35.6 Å². The Balaban J connectivity index is 1.56. The zero-order valence-electron chi connectivity index (χ0n) is 16.0. The van der Waals surface area contributed by atoms with E-state index >= 15 is 0 Å². The summed E-state index contributed by atoms with van der Waals surface area (Å²) in [5.74, 6) is 2.12. The zero-order chi connectivity index (χ0) is 20.0. The maximum Gasteiger partial charge on any atom is 0.229 e. The monoisotopic (exact) mass is 426 g/mol. The minimum Gasteiger partial charge on any atom is -0.438 e. The van der Waals surface area contributed by atoms with E-state index in [1.54, 1.807) is 0 Å². The predicted octanol–water partition coefficient (Wildman–Crippen LogP) is 4.71. The van der Waals surface area contributed by atoms with Gasteiger partial charge >= 0.3 is 0 Å². The van der Waals surface area contributed by atoms with Gasteiger partial charge in [0.05, 0.1) is 5.56 Å². The molecule has 2 aromatic carbocycles. The molecule has 29 heavy (non-hydrogen) atoms. The van der Waals surface area contributed by atoms with Crippen molar-refractivity contribution in [2.24, 2.45) is 0 Å². The quantitative estimate of drug-likeness (QED) is 0.601. The fraction of sp³-hybridized carbons (Fsp3) is 0.273. The van der Waals surface area contributed by atoms with Gasteiger partial charge in [0.15, 0.2) is 0 Å². The normalized spacial score (nSPS) is 18.9. The predicted molar refractivity (Wildman–Crippen MR) is 118 cm³/mol. The maximum absolute atomic E-state index is 6.51. The Hall–Kier alpha value is -2.34. The first-order valence-electron chi connectivity index (χ1n) is 9.70. The highest BCUT2D eigenvalue weighted by Crippen LogP contribution is 2.38. The fourth-order valence-electron chi connectivity index (χ4n) is 4.08. The molecule has 7 heteroatoms. The number of ether oxygens (including phenoxy) is 1. The van der Waals surface area contributed by atoms with Gasteiger partial charge in [-0.25, -0.2) is 4.98 Å². The summed E-state index contributed by atoms with van der Waals surface area (Å²) in [5, 5.41) is 6.39. The number of hydrogen-bond donors (Lipinski definition) is 1. The Morgan fingerprint density at radius 3 is 2.79 bits per heavy atom. The summed E-state index contributed by atoms with van der Waals surface area (Å²) in [4.78, 5) is 11.2. The molecule has 0 bridgehead atoms. The molecule has 1 fully saturated rings. The van der Waals surface area contributed by atoms with Crippen LogP contribution in [0.5, 0.6) is 5.88 Å². The topological polar surface area (TPSA) is 50.3 Å². The number of benzene rings is 2. The second-order valence-corrected chi connectivity index (χ2v) is 8.16. The molecule has 0 amide bonds. The molecular weight excluding hydrogens is 407 g/mol. The van der Waals surface area contributed by atoms with Crippen molar-refractivity contribution in [3.63, 3.8) is 0 Å². The number of fused-ring (bicyclic) bond motifs is 2. The number of nitrogens with one attached hydrogen (secondary N) is 1. The Morgan fingerprint density at radius 1 is 1.14 bits per heavy atom. The Kier molecular flexibility index (Phi) is 4.82. The summed E-state index contributed by atoms with van der Waals surface area (Å²) in [7, 11) is 0. The third-order valence-electron chi connectivity index (χ3n) is 5.41. The van der Waals surface area contributed by atoms with E-state index in [0.29, 0.717) is 23.4 Å². The van der Waals surface area contributed by atoms with Crippen LogP contribution >= 0.6 is 23.2 Å². The van der Waals surface area contributed by atoms with Crippen LogP contribution in [0.1, 0.15) is 18.1 Å². The maximum atomic E-state index is 6.51. The molecule has 1 saturated heterocycles. The summed E-state index contributed by atoms with van der Waals surface area (Å²) in [5.41, 5.74) is 1.92. The van der Waals surface area contributed by atoms with E-state index in [2.05, 4.69) is 33.2 Å². The minimum absolute atomic E-state index is 0.196. The van der Waals surface area contributed by atoms with Crippen molar-refractivity contribution < 1.29 is 4.74 Å². The van der Waals surface area contributed by atoms with E-state index in [1.807, 2.05) is 36.4 Å². The van der Waals surface area contributed by atoms with E-state index in [4.69, 9.17) is 27.9 Å². The molecular formula is C22H20Cl2N4O. The van der Waals surface area contributed by atoms with Crippen molar-refractivity contribution >= 4 is 45.6 Å². The molecule has 1 atom stereocenters. The van der Waals surface area contributed by atoms with E-state index in [-0.39, 0.29) is 5.28 Å². The highest BCUT2D eigenvalue weighted by atomic mass is 35.5. The minimum atomic E-state index is 0.196. The lowest BCUT2D eigenvalue weighted by atomic mass is 10.0. The standard InChI is InChI=1S/C22H20Cl2N4O/c1-13-12-28(11-10-25-13)20-16-8-9-18(29-21(16)27-22(24)26-20)15-6-2-4-14-5-3-7-17(23)19(14)15/h2-7,9,13,25H,8,10-12H2,1H3/t13-/m1/s1. The number of aromatic nitrogens is 2. The van der Waals surface area contributed by atoms with Crippen molar-refractivity contribution in [1.29, 1.82) is 0 Å². The first-order valence-corrected chi connectivity index (χ1v) is 10.5. The van der Waals surface area contributed by atoms with Crippen LogP contribution in [0.2, 0.25) is 10.3 Å². The van der Waals surface area contributed by atoms with Crippen molar-refractivity contribution in [2.45, 2.75) is 19.4 Å². The average Bonchev–Trinajstić information content (AvgIpc) is 2.72. The van der Waals surface area contributed by atoms with Gasteiger partial charge in [0.1, 0.15) is 11.6 Å². The highest BCUT2D eigenvalue weighted by Gasteiger charge is 2.27. The van der Waals surface area contributed by atoms with Crippen molar-refractivity contribution in [1.82, 2.24) is 15.3 Å². The number of halogens is 2. The molecule has 0 unspecified atom stereocenters. The SMILES string of the molecule is C[C@@H]1CN(c2nc(Cl)nc3c2CC=C(c2cccc4cccc(Cl)c24)O3)CCN1. The molecule has 0 aliphatic carbocycles. The molecule has 2 aliphatic rings. The molecule has 0 radical (unpaired) electrons. The molecule has 2 aliphatic heterocycles. The average molecular weight is 427 g/mol. The van der Waals surface area contributed by atoms with E-state index in [9.17, 15) is 0 Å². The lowest BCUT2D eigenvalue weighted by molar-refractivity contribution is 0.464. The van der Waals surface area contributed by atoms with Gasteiger partial charge in [-0.15, -0.1) is 0 Å². The highest BCUT2D eigenvalue weighted by molar-refractivity contribution is 6.36. The van der Waals surface area contributed by atoms with Gasteiger partial charge in [0, 0.05) is 48.1 Å². The molecule has 148 valence electrons. The van der Waals surface area contributed by atoms with Gasteiger partial charge in [-0.3, -0.25) is 0 Å². The third-order valence-corrected chi connectivity index (χ3v) is 5.89. The van der Waals surface area contributed by atoms with Crippen LogP contribution in [0, 0.1) is 0 Å². The van der Waals surface area contributed by atoms with Crippen LogP contribution in [0.4, 0.5) is 5.82 Å². The van der Waals surface area contributed by atoms with Crippen LogP contribution in [0.3, 0.4) is 0 Å². The molecule has 5 rings (SSSR count). The lowest BCUT2D eigenvalue weighted by Crippen LogP contribution is -2.50. The second-order valence-electron chi connectivity index (χ2n) is 7.42.